The number of aromatic nitrogens is 2. The van der Waals surface area contributed by atoms with E-state index in [2.05, 4.69) is 36.1 Å². The van der Waals surface area contributed by atoms with Crippen LogP contribution in [0.4, 0.5) is 11.6 Å². The van der Waals surface area contributed by atoms with Crippen molar-refractivity contribution in [3.63, 3.8) is 0 Å². The molecule has 0 radical (unpaired) electrons. The molecule has 1 aromatic carbocycles. The van der Waals surface area contributed by atoms with E-state index in [1.54, 1.807) is 0 Å². The normalized spacial score (nSPS) is 11.4. The van der Waals surface area contributed by atoms with Gasteiger partial charge in [-0.25, -0.2) is 4.98 Å². The molecular weight excluding hydrogens is 198 g/mol. The SMILES string of the molecule is CC(C)(C)c1cnc(Nc2ccccc2)[nH]1. The molecule has 16 heavy (non-hydrogen) atoms. The van der Waals surface area contributed by atoms with Crippen LogP contribution in [0.25, 0.3) is 0 Å². The third kappa shape index (κ3) is 2.42. The molecule has 0 unspecified atom stereocenters. The van der Waals surface area contributed by atoms with Crippen LogP contribution in [0.1, 0.15) is 26.5 Å². The van der Waals surface area contributed by atoms with Crippen molar-refractivity contribution >= 4 is 11.6 Å². The van der Waals surface area contributed by atoms with Crippen molar-refractivity contribution in [2.75, 3.05) is 5.32 Å². The standard InChI is InChI=1S/C13H17N3/c1-13(2,3)11-9-14-12(16-11)15-10-7-5-4-6-8-10/h4-9H,1-3H3,(H2,14,15,16). The fourth-order valence-electron chi connectivity index (χ4n) is 1.42. The zero-order valence-electron chi connectivity index (χ0n) is 9.91. The zero-order valence-corrected chi connectivity index (χ0v) is 9.91. The van der Waals surface area contributed by atoms with Crippen molar-refractivity contribution in [1.82, 2.24) is 9.97 Å². The molecule has 1 heterocycles. The molecule has 0 aliphatic carbocycles. The van der Waals surface area contributed by atoms with Gasteiger partial charge < -0.3 is 10.3 Å². The predicted octanol–water partition coefficient (Wildman–Crippen LogP) is 3.45. The first-order valence-electron chi connectivity index (χ1n) is 5.43. The molecule has 0 saturated heterocycles. The first-order valence-corrected chi connectivity index (χ1v) is 5.43. The van der Waals surface area contributed by atoms with E-state index in [0.717, 1.165) is 17.3 Å². The summed E-state index contributed by atoms with van der Waals surface area (Å²) in [5.74, 6) is 0.788. The van der Waals surface area contributed by atoms with Gasteiger partial charge in [-0.3, -0.25) is 0 Å². The Morgan fingerprint density at radius 1 is 1.12 bits per heavy atom. The van der Waals surface area contributed by atoms with Crippen molar-refractivity contribution in [3.8, 4) is 0 Å². The molecular formula is C13H17N3. The number of hydrogen-bond donors (Lipinski definition) is 2. The van der Waals surface area contributed by atoms with Crippen LogP contribution in [-0.4, -0.2) is 9.97 Å². The molecule has 2 N–H and O–H groups in total. The number of hydrogen-bond acceptors (Lipinski definition) is 2. The average molecular weight is 215 g/mol. The summed E-state index contributed by atoms with van der Waals surface area (Å²) in [4.78, 5) is 7.59. The largest absolute Gasteiger partial charge is 0.327 e. The van der Waals surface area contributed by atoms with Crippen molar-refractivity contribution in [3.05, 3.63) is 42.2 Å². The van der Waals surface area contributed by atoms with E-state index < -0.39 is 0 Å². The molecule has 0 bridgehead atoms. The summed E-state index contributed by atoms with van der Waals surface area (Å²) in [7, 11) is 0. The van der Waals surface area contributed by atoms with Crippen LogP contribution in [0.3, 0.4) is 0 Å². The summed E-state index contributed by atoms with van der Waals surface area (Å²) in [5.41, 5.74) is 2.27. The second-order valence-corrected chi connectivity index (χ2v) is 4.89. The van der Waals surface area contributed by atoms with Crippen LogP contribution in [-0.2, 0) is 5.41 Å². The number of para-hydroxylation sites is 1. The second kappa shape index (κ2) is 4.00. The van der Waals surface area contributed by atoms with Crippen LogP contribution < -0.4 is 5.32 Å². The molecule has 0 aliphatic rings. The third-order valence-corrected chi connectivity index (χ3v) is 2.42. The Hall–Kier alpha value is -1.77. The number of benzene rings is 1. The Morgan fingerprint density at radius 2 is 1.81 bits per heavy atom. The van der Waals surface area contributed by atoms with Gasteiger partial charge in [0.15, 0.2) is 0 Å². The predicted molar refractivity (Wildman–Crippen MR) is 67.0 cm³/mol. The maximum atomic E-state index is 4.31. The Bertz CT molecular complexity index is 452. The minimum Gasteiger partial charge on any atom is -0.327 e. The van der Waals surface area contributed by atoms with Gasteiger partial charge in [0.1, 0.15) is 0 Å². The van der Waals surface area contributed by atoms with Gasteiger partial charge in [-0.2, -0.15) is 0 Å². The number of nitrogens with zero attached hydrogens (tertiary/aromatic N) is 1. The number of nitrogens with one attached hydrogen (secondary N) is 2. The minimum atomic E-state index is 0.101. The van der Waals surface area contributed by atoms with Gasteiger partial charge >= 0.3 is 0 Å². The topological polar surface area (TPSA) is 40.7 Å². The second-order valence-electron chi connectivity index (χ2n) is 4.89. The summed E-state index contributed by atoms with van der Waals surface area (Å²) in [6.07, 6.45) is 1.88. The molecule has 3 heteroatoms. The number of aromatic amines is 1. The number of rotatable bonds is 2. The molecule has 0 aliphatic heterocycles. The Morgan fingerprint density at radius 3 is 2.38 bits per heavy atom. The zero-order chi connectivity index (χ0) is 11.6. The highest BCUT2D eigenvalue weighted by atomic mass is 15.1. The van der Waals surface area contributed by atoms with E-state index >= 15 is 0 Å². The van der Waals surface area contributed by atoms with E-state index in [0.29, 0.717) is 0 Å². The molecule has 0 spiro atoms. The van der Waals surface area contributed by atoms with Crippen LogP contribution in [0.15, 0.2) is 36.5 Å². The fraction of sp³-hybridized carbons (Fsp3) is 0.308. The summed E-state index contributed by atoms with van der Waals surface area (Å²) in [6.45, 7) is 6.48. The van der Waals surface area contributed by atoms with Crippen LogP contribution in [0.5, 0.6) is 0 Å². The van der Waals surface area contributed by atoms with Gasteiger partial charge in [0, 0.05) is 16.8 Å². The van der Waals surface area contributed by atoms with Crippen molar-refractivity contribution in [2.45, 2.75) is 26.2 Å². The first kappa shape index (κ1) is 10.7. The molecule has 3 nitrogen and oxygen atoms in total. The van der Waals surface area contributed by atoms with E-state index in [4.69, 9.17) is 0 Å². The fourth-order valence-corrected chi connectivity index (χ4v) is 1.42. The van der Waals surface area contributed by atoms with Gasteiger partial charge in [-0.05, 0) is 12.1 Å². The maximum Gasteiger partial charge on any atom is 0.204 e. The van der Waals surface area contributed by atoms with Crippen molar-refractivity contribution < 1.29 is 0 Å². The average Bonchev–Trinajstić information content (AvgIpc) is 2.67. The lowest BCUT2D eigenvalue weighted by atomic mass is 9.93. The van der Waals surface area contributed by atoms with E-state index in [-0.39, 0.29) is 5.41 Å². The Balaban J connectivity index is 2.15. The lowest BCUT2D eigenvalue weighted by Gasteiger charge is -2.15. The smallest absolute Gasteiger partial charge is 0.204 e. The number of anilines is 2. The van der Waals surface area contributed by atoms with Gasteiger partial charge in [0.2, 0.25) is 5.95 Å². The monoisotopic (exact) mass is 215 g/mol. The highest BCUT2D eigenvalue weighted by molar-refractivity contribution is 5.52. The molecule has 2 aromatic rings. The van der Waals surface area contributed by atoms with Crippen LogP contribution in [0, 0.1) is 0 Å². The summed E-state index contributed by atoms with van der Waals surface area (Å²) in [5, 5.41) is 3.23. The molecule has 0 saturated carbocycles. The van der Waals surface area contributed by atoms with Crippen LogP contribution in [0.2, 0.25) is 0 Å². The van der Waals surface area contributed by atoms with E-state index in [1.807, 2.05) is 36.5 Å². The van der Waals surface area contributed by atoms with E-state index in [1.165, 1.54) is 0 Å². The number of imidazole rings is 1. The van der Waals surface area contributed by atoms with Gasteiger partial charge in [-0.15, -0.1) is 0 Å². The molecule has 0 atom stereocenters. The van der Waals surface area contributed by atoms with Gasteiger partial charge in [0.05, 0.1) is 6.20 Å². The Labute approximate surface area is 95.9 Å². The molecule has 2 rings (SSSR count). The minimum absolute atomic E-state index is 0.101. The molecule has 1 aromatic heterocycles. The lowest BCUT2D eigenvalue weighted by Crippen LogP contribution is -2.11. The highest BCUT2D eigenvalue weighted by Crippen LogP contribution is 2.22. The Kier molecular flexibility index (Phi) is 2.69. The number of H-pyrrole nitrogens is 1. The van der Waals surface area contributed by atoms with Crippen LogP contribution >= 0.6 is 0 Å². The first-order chi connectivity index (χ1) is 7.55. The summed E-state index contributed by atoms with van der Waals surface area (Å²) >= 11 is 0. The van der Waals surface area contributed by atoms with E-state index in [9.17, 15) is 0 Å². The maximum absolute atomic E-state index is 4.31. The lowest BCUT2D eigenvalue weighted by molar-refractivity contribution is 0.573. The quantitative estimate of drug-likeness (QED) is 0.805. The molecule has 0 fully saturated rings. The van der Waals surface area contributed by atoms with Gasteiger partial charge in [-0.1, -0.05) is 39.0 Å². The summed E-state index contributed by atoms with van der Waals surface area (Å²) in [6, 6.07) is 10.0. The molecule has 84 valence electrons. The third-order valence-electron chi connectivity index (χ3n) is 2.42. The highest BCUT2D eigenvalue weighted by Gasteiger charge is 2.16. The summed E-state index contributed by atoms with van der Waals surface area (Å²) < 4.78 is 0. The van der Waals surface area contributed by atoms with Crippen molar-refractivity contribution in [1.29, 1.82) is 0 Å². The van der Waals surface area contributed by atoms with Gasteiger partial charge in [0.25, 0.3) is 0 Å². The molecule has 0 amide bonds. The van der Waals surface area contributed by atoms with Crippen molar-refractivity contribution in [2.24, 2.45) is 0 Å².